The average Bonchev–Trinajstić information content (AvgIpc) is 2.87. The van der Waals surface area contributed by atoms with E-state index < -0.39 is 0 Å². The van der Waals surface area contributed by atoms with Gasteiger partial charge in [-0.2, -0.15) is 0 Å². The van der Waals surface area contributed by atoms with Crippen LogP contribution in [0.2, 0.25) is 0 Å². The van der Waals surface area contributed by atoms with Crippen molar-refractivity contribution in [2.24, 2.45) is 0 Å². The van der Waals surface area contributed by atoms with Crippen LogP contribution in [0.1, 0.15) is 42.7 Å². The molecule has 0 bridgehead atoms. The molecule has 2 aliphatic heterocycles. The third kappa shape index (κ3) is 3.59. The summed E-state index contributed by atoms with van der Waals surface area (Å²) in [4.78, 5) is 14.6. The molecule has 0 saturated carbocycles. The van der Waals surface area contributed by atoms with Crippen LogP contribution in [0, 0.1) is 0 Å². The second kappa shape index (κ2) is 6.53. The Morgan fingerprint density at radius 3 is 2.86 bits per heavy atom. The number of piperidine rings is 1. The van der Waals surface area contributed by atoms with E-state index >= 15 is 0 Å². The van der Waals surface area contributed by atoms with Gasteiger partial charge < -0.3 is 15.5 Å². The summed E-state index contributed by atoms with van der Waals surface area (Å²) >= 11 is 0. The Hall–Kier alpha value is -1.47. The highest BCUT2D eigenvalue weighted by Crippen LogP contribution is 2.11. The zero-order chi connectivity index (χ0) is 14.7. The Morgan fingerprint density at radius 2 is 2.19 bits per heavy atom. The number of rotatable bonds is 5. The lowest BCUT2D eigenvalue weighted by Gasteiger charge is -2.29. The molecule has 0 radical (unpaired) electrons. The maximum atomic E-state index is 12.2. The first-order chi connectivity index (χ1) is 10.2. The summed E-state index contributed by atoms with van der Waals surface area (Å²) in [6.07, 6.45) is 5.61. The van der Waals surface area contributed by atoms with Gasteiger partial charge in [-0.25, -0.2) is 4.68 Å². The van der Waals surface area contributed by atoms with Crippen LogP contribution in [0.5, 0.6) is 0 Å². The van der Waals surface area contributed by atoms with Gasteiger partial charge in [0.2, 0.25) is 0 Å². The standard InChI is InChI=1S/C14H24N6O/c1-11(9-19-5-3-2-4-6-19)16-14(21)13-10-20(18-17-13)12-7-15-8-12/h10-12,15H,2-9H2,1H3,(H,16,21). The van der Waals surface area contributed by atoms with Crippen molar-refractivity contribution >= 4 is 5.91 Å². The van der Waals surface area contributed by atoms with Crippen molar-refractivity contribution in [3.8, 4) is 0 Å². The first kappa shape index (κ1) is 14.5. The van der Waals surface area contributed by atoms with E-state index in [2.05, 4.69) is 25.8 Å². The summed E-state index contributed by atoms with van der Waals surface area (Å²) in [7, 11) is 0. The van der Waals surface area contributed by atoms with Gasteiger partial charge in [-0.15, -0.1) is 5.10 Å². The number of amides is 1. The number of hydrogen-bond acceptors (Lipinski definition) is 5. The van der Waals surface area contributed by atoms with Crippen molar-refractivity contribution in [2.75, 3.05) is 32.7 Å². The summed E-state index contributed by atoms with van der Waals surface area (Å²) in [5.41, 5.74) is 0.410. The zero-order valence-corrected chi connectivity index (χ0v) is 12.6. The van der Waals surface area contributed by atoms with E-state index in [1.165, 1.54) is 19.3 Å². The van der Waals surface area contributed by atoms with Gasteiger partial charge in [0.1, 0.15) is 0 Å². The Bertz CT molecular complexity index is 478. The summed E-state index contributed by atoms with van der Waals surface area (Å²) in [5.74, 6) is -0.127. The lowest BCUT2D eigenvalue weighted by molar-refractivity contribution is 0.0920. The molecule has 1 aromatic heterocycles. The van der Waals surface area contributed by atoms with Gasteiger partial charge in [-0.3, -0.25) is 4.79 Å². The number of nitrogens with one attached hydrogen (secondary N) is 2. The van der Waals surface area contributed by atoms with Crippen LogP contribution in [0.3, 0.4) is 0 Å². The number of hydrogen-bond donors (Lipinski definition) is 2. The Morgan fingerprint density at radius 1 is 1.43 bits per heavy atom. The maximum Gasteiger partial charge on any atom is 0.273 e. The van der Waals surface area contributed by atoms with Crippen LogP contribution in [0.4, 0.5) is 0 Å². The Kier molecular flexibility index (Phi) is 4.50. The highest BCUT2D eigenvalue weighted by molar-refractivity contribution is 5.92. The van der Waals surface area contributed by atoms with Gasteiger partial charge in [-0.05, 0) is 32.9 Å². The van der Waals surface area contributed by atoms with Crippen molar-refractivity contribution in [3.05, 3.63) is 11.9 Å². The number of aromatic nitrogens is 3. The van der Waals surface area contributed by atoms with Crippen LogP contribution in [-0.2, 0) is 0 Å². The van der Waals surface area contributed by atoms with Gasteiger partial charge in [0.15, 0.2) is 5.69 Å². The van der Waals surface area contributed by atoms with Crippen LogP contribution >= 0.6 is 0 Å². The van der Waals surface area contributed by atoms with Crippen molar-refractivity contribution in [1.29, 1.82) is 0 Å². The van der Waals surface area contributed by atoms with E-state index in [4.69, 9.17) is 0 Å². The monoisotopic (exact) mass is 292 g/mol. The minimum absolute atomic E-state index is 0.127. The molecule has 1 aromatic rings. The highest BCUT2D eigenvalue weighted by atomic mass is 16.2. The van der Waals surface area contributed by atoms with Crippen LogP contribution in [-0.4, -0.2) is 64.6 Å². The van der Waals surface area contributed by atoms with Gasteiger partial charge in [0, 0.05) is 25.7 Å². The van der Waals surface area contributed by atoms with Gasteiger partial charge in [0.25, 0.3) is 5.91 Å². The smallest absolute Gasteiger partial charge is 0.273 e. The SMILES string of the molecule is CC(CN1CCCCC1)NC(=O)c1cn(C2CNC2)nn1. The molecular weight excluding hydrogens is 268 g/mol. The average molecular weight is 292 g/mol. The molecule has 3 rings (SSSR count). The first-order valence-electron chi connectivity index (χ1n) is 7.88. The molecule has 1 atom stereocenters. The fraction of sp³-hybridized carbons (Fsp3) is 0.786. The molecule has 2 aliphatic rings. The third-order valence-corrected chi connectivity index (χ3v) is 4.24. The molecular formula is C14H24N6O. The first-order valence-corrected chi connectivity index (χ1v) is 7.88. The summed E-state index contributed by atoms with van der Waals surface area (Å²) in [6.45, 7) is 7.04. The fourth-order valence-corrected chi connectivity index (χ4v) is 2.89. The second-order valence-corrected chi connectivity index (χ2v) is 6.13. The lowest BCUT2D eigenvalue weighted by Crippen LogP contribution is -2.44. The van der Waals surface area contributed by atoms with Crippen molar-refractivity contribution < 1.29 is 4.79 Å². The summed E-state index contributed by atoms with van der Waals surface area (Å²) in [5, 5.41) is 14.2. The highest BCUT2D eigenvalue weighted by Gasteiger charge is 2.22. The fourth-order valence-electron chi connectivity index (χ4n) is 2.89. The molecule has 3 heterocycles. The van der Waals surface area contributed by atoms with Crippen molar-refractivity contribution in [1.82, 2.24) is 30.5 Å². The maximum absolute atomic E-state index is 12.2. The Balaban J connectivity index is 1.49. The van der Waals surface area contributed by atoms with Gasteiger partial charge in [-0.1, -0.05) is 11.6 Å². The number of carbonyl (C=O) groups excluding carboxylic acids is 1. The number of nitrogens with zero attached hydrogens (tertiary/aromatic N) is 4. The molecule has 2 saturated heterocycles. The predicted molar refractivity (Wildman–Crippen MR) is 79.1 cm³/mol. The minimum Gasteiger partial charge on any atom is -0.347 e. The van der Waals surface area contributed by atoms with E-state index in [0.29, 0.717) is 11.7 Å². The molecule has 21 heavy (non-hydrogen) atoms. The van der Waals surface area contributed by atoms with Crippen molar-refractivity contribution in [2.45, 2.75) is 38.3 Å². The minimum atomic E-state index is -0.127. The normalized spacial score (nSPS) is 21.8. The molecule has 1 unspecified atom stereocenters. The van der Waals surface area contributed by atoms with E-state index in [0.717, 1.165) is 32.7 Å². The molecule has 2 fully saturated rings. The molecule has 0 spiro atoms. The lowest BCUT2D eigenvalue weighted by atomic mass is 10.1. The third-order valence-electron chi connectivity index (χ3n) is 4.24. The Labute approximate surface area is 125 Å². The zero-order valence-electron chi connectivity index (χ0n) is 12.6. The van der Waals surface area contributed by atoms with E-state index in [-0.39, 0.29) is 11.9 Å². The largest absolute Gasteiger partial charge is 0.347 e. The number of carbonyl (C=O) groups is 1. The molecule has 7 heteroatoms. The molecule has 0 aromatic carbocycles. The molecule has 0 aliphatic carbocycles. The molecule has 116 valence electrons. The van der Waals surface area contributed by atoms with E-state index in [9.17, 15) is 4.79 Å². The van der Waals surface area contributed by atoms with E-state index in [1.807, 2.05) is 6.92 Å². The quantitative estimate of drug-likeness (QED) is 0.801. The predicted octanol–water partition coefficient (Wildman–Crippen LogP) is 0.0266. The number of likely N-dealkylation sites (tertiary alicyclic amines) is 1. The van der Waals surface area contributed by atoms with Gasteiger partial charge >= 0.3 is 0 Å². The van der Waals surface area contributed by atoms with Crippen LogP contribution < -0.4 is 10.6 Å². The second-order valence-electron chi connectivity index (χ2n) is 6.13. The molecule has 1 amide bonds. The van der Waals surface area contributed by atoms with Crippen LogP contribution in [0.25, 0.3) is 0 Å². The molecule has 7 nitrogen and oxygen atoms in total. The topological polar surface area (TPSA) is 75.1 Å². The summed E-state index contributed by atoms with van der Waals surface area (Å²) in [6, 6.07) is 0.468. The summed E-state index contributed by atoms with van der Waals surface area (Å²) < 4.78 is 1.78. The van der Waals surface area contributed by atoms with Crippen LogP contribution in [0.15, 0.2) is 6.20 Å². The van der Waals surface area contributed by atoms with Crippen molar-refractivity contribution in [3.63, 3.8) is 0 Å². The van der Waals surface area contributed by atoms with Gasteiger partial charge in [0.05, 0.1) is 12.2 Å². The van der Waals surface area contributed by atoms with E-state index in [1.54, 1.807) is 10.9 Å². The molecule has 2 N–H and O–H groups in total.